The Labute approximate surface area is 208 Å². The number of carbonyl (C=O) groups excluding carboxylic acids is 3. The van der Waals surface area contributed by atoms with E-state index in [0.29, 0.717) is 24.4 Å². The van der Waals surface area contributed by atoms with Crippen molar-refractivity contribution in [1.82, 2.24) is 9.80 Å². The lowest BCUT2D eigenvalue weighted by molar-refractivity contribution is -0.136. The van der Waals surface area contributed by atoms with Crippen molar-refractivity contribution in [2.24, 2.45) is 0 Å². The zero-order valence-corrected chi connectivity index (χ0v) is 19.9. The summed E-state index contributed by atoms with van der Waals surface area (Å²) < 4.78 is 21.6. The number of esters is 1. The Morgan fingerprint density at radius 1 is 0.889 bits per heavy atom. The fraction of sp³-hybridized carbons (Fsp3) is 0.296. The van der Waals surface area contributed by atoms with Crippen LogP contribution in [0.25, 0.3) is 11.3 Å². The molecule has 0 N–H and O–H groups in total. The molecule has 2 aromatic carbocycles. The maximum absolute atomic E-state index is 12.6. The van der Waals surface area contributed by atoms with Gasteiger partial charge in [0.25, 0.3) is 5.91 Å². The molecule has 0 bridgehead atoms. The SMILES string of the molecule is CC(=O)c1ccc(-c2ccc(C(=O)OCC(=O)N3CCN(Cc4ccc5c(c4)OCO5)CC3)o2)cc1. The fourth-order valence-electron chi connectivity index (χ4n) is 4.21. The molecule has 0 spiro atoms. The Morgan fingerprint density at radius 2 is 1.64 bits per heavy atom. The van der Waals surface area contributed by atoms with Crippen molar-refractivity contribution in [2.75, 3.05) is 39.6 Å². The van der Waals surface area contributed by atoms with Crippen molar-refractivity contribution < 1.29 is 33.0 Å². The Bertz CT molecular complexity index is 1270. The average molecular weight is 491 g/mol. The maximum atomic E-state index is 12.6. The standard InChI is InChI=1S/C27H26N2O7/c1-18(30)20-3-5-21(6-4-20)22-8-9-24(36-22)27(32)33-16-26(31)29-12-10-28(11-13-29)15-19-2-7-23-25(14-19)35-17-34-23/h2-9,14H,10-13,15-17H2,1H3. The van der Waals surface area contributed by atoms with Crippen LogP contribution in [0, 0.1) is 0 Å². The van der Waals surface area contributed by atoms with E-state index < -0.39 is 5.97 Å². The summed E-state index contributed by atoms with van der Waals surface area (Å²) in [6.45, 7) is 4.72. The van der Waals surface area contributed by atoms with Gasteiger partial charge in [0.1, 0.15) is 5.76 Å². The Morgan fingerprint density at radius 3 is 2.39 bits per heavy atom. The van der Waals surface area contributed by atoms with E-state index in [4.69, 9.17) is 18.6 Å². The Hall–Kier alpha value is -4.11. The largest absolute Gasteiger partial charge is 0.454 e. The molecule has 2 aliphatic heterocycles. The van der Waals surface area contributed by atoms with Crippen LogP contribution in [0.1, 0.15) is 33.4 Å². The lowest BCUT2D eigenvalue weighted by Gasteiger charge is -2.34. The lowest BCUT2D eigenvalue weighted by atomic mass is 10.1. The first-order valence-corrected chi connectivity index (χ1v) is 11.7. The Balaban J connectivity index is 1.08. The average Bonchev–Trinajstić information content (AvgIpc) is 3.57. The zero-order valence-electron chi connectivity index (χ0n) is 19.9. The monoisotopic (exact) mass is 490 g/mol. The van der Waals surface area contributed by atoms with Crippen LogP contribution >= 0.6 is 0 Å². The van der Waals surface area contributed by atoms with Crippen molar-refractivity contribution >= 4 is 17.7 Å². The topological polar surface area (TPSA) is 98.5 Å². The van der Waals surface area contributed by atoms with E-state index >= 15 is 0 Å². The van der Waals surface area contributed by atoms with E-state index in [1.165, 1.54) is 13.0 Å². The van der Waals surface area contributed by atoms with Crippen molar-refractivity contribution in [1.29, 1.82) is 0 Å². The summed E-state index contributed by atoms with van der Waals surface area (Å²) in [5.74, 6) is 1.05. The number of ketones is 1. The molecule has 1 amide bonds. The van der Waals surface area contributed by atoms with Crippen molar-refractivity contribution in [2.45, 2.75) is 13.5 Å². The van der Waals surface area contributed by atoms with Gasteiger partial charge in [-0.25, -0.2) is 4.79 Å². The Kier molecular flexibility index (Phi) is 6.73. The van der Waals surface area contributed by atoms with Gasteiger partial charge in [0, 0.05) is 43.9 Å². The predicted octanol–water partition coefficient (Wildman–Crippen LogP) is 3.38. The van der Waals surface area contributed by atoms with Crippen LogP contribution in [0.4, 0.5) is 0 Å². The van der Waals surface area contributed by atoms with Crippen molar-refractivity contribution in [3.63, 3.8) is 0 Å². The molecule has 1 aromatic heterocycles. The number of amides is 1. The third-order valence-electron chi connectivity index (χ3n) is 6.28. The second-order valence-electron chi connectivity index (χ2n) is 8.72. The molecule has 5 rings (SSSR count). The molecule has 1 saturated heterocycles. The van der Waals surface area contributed by atoms with E-state index in [-0.39, 0.29) is 30.9 Å². The van der Waals surface area contributed by atoms with Gasteiger partial charge in [-0.1, -0.05) is 30.3 Å². The molecule has 0 radical (unpaired) electrons. The number of hydrogen-bond donors (Lipinski definition) is 0. The molecule has 186 valence electrons. The molecular formula is C27H26N2O7. The van der Waals surface area contributed by atoms with Crippen molar-refractivity contribution in [3.8, 4) is 22.8 Å². The van der Waals surface area contributed by atoms with Crippen LogP contribution in [0.3, 0.4) is 0 Å². The van der Waals surface area contributed by atoms with Gasteiger partial charge in [0.15, 0.2) is 23.9 Å². The first-order valence-electron chi connectivity index (χ1n) is 11.7. The number of Topliss-reactive ketones (excluding diaryl/α,β-unsaturated/α-hetero) is 1. The second kappa shape index (κ2) is 10.2. The number of rotatable bonds is 7. The van der Waals surface area contributed by atoms with Gasteiger partial charge in [-0.2, -0.15) is 0 Å². The van der Waals surface area contributed by atoms with E-state index in [0.717, 1.165) is 42.3 Å². The highest BCUT2D eigenvalue weighted by Crippen LogP contribution is 2.33. The summed E-state index contributed by atoms with van der Waals surface area (Å²) in [5, 5.41) is 0. The summed E-state index contributed by atoms with van der Waals surface area (Å²) in [7, 11) is 0. The minimum absolute atomic E-state index is 0.0157. The molecule has 3 aromatic rings. The van der Waals surface area contributed by atoms with Gasteiger partial charge in [-0.05, 0) is 36.8 Å². The van der Waals surface area contributed by atoms with Gasteiger partial charge in [0.2, 0.25) is 12.6 Å². The number of carbonyl (C=O) groups is 3. The second-order valence-corrected chi connectivity index (χ2v) is 8.72. The highest BCUT2D eigenvalue weighted by molar-refractivity contribution is 5.94. The number of ether oxygens (including phenoxy) is 3. The van der Waals surface area contributed by atoms with Gasteiger partial charge < -0.3 is 23.5 Å². The summed E-state index contributed by atoms with van der Waals surface area (Å²) >= 11 is 0. The van der Waals surface area contributed by atoms with Gasteiger partial charge in [-0.3, -0.25) is 14.5 Å². The molecule has 1 fully saturated rings. The third-order valence-corrected chi connectivity index (χ3v) is 6.28. The summed E-state index contributed by atoms with van der Waals surface area (Å²) in [5.41, 5.74) is 2.45. The zero-order chi connectivity index (χ0) is 25.1. The fourth-order valence-corrected chi connectivity index (χ4v) is 4.21. The number of nitrogens with zero attached hydrogens (tertiary/aromatic N) is 2. The van der Waals surface area contributed by atoms with E-state index in [9.17, 15) is 14.4 Å². The minimum atomic E-state index is -0.698. The molecular weight excluding hydrogens is 464 g/mol. The normalized spacial score (nSPS) is 15.1. The van der Waals surface area contributed by atoms with Gasteiger partial charge >= 0.3 is 5.97 Å². The molecule has 0 unspecified atom stereocenters. The van der Waals surface area contributed by atoms with Crippen LogP contribution < -0.4 is 9.47 Å². The highest BCUT2D eigenvalue weighted by atomic mass is 16.7. The van der Waals surface area contributed by atoms with Gasteiger partial charge in [-0.15, -0.1) is 0 Å². The first-order chi connectivity index (χ1) is 17.5. The van der Waals surface area contributed by atoms with Crippen LogP contribution in [-0.4, -0.2) is 67.0 Å². The molecule has 9 heteroatoms. The maximum Gasteiger partial charge on any atom is 0.374 e. The minimum Gasteiger partial charge on any atom is -0.454 e. The van der Waals surface area contributed by atoms with Crippen LogP contribution in [0.15, 0.2) is 59.0 Å². The number of piperazine rings is 1. The smallest absolute Gasteiger partial charge is 0.374 e. The van der Waals surface area contributed by atoms with Crippen LogP contribution in [0.2, 0.25) is 0 Å². The number of fused-ring (bicyclic) bond motifs is 1. The first kappa shape index (κ1) is 23.6. The number of furan rings is 1. The quantitative estimate of drug-likeness (QED) is 0.367. The van der Waals surface area contributed by atoms with Crippen molar-refractivity contribution in [3.05, 3.63) is 71.5 Å². The van der Waals surface area contributed by atoms with E-state index in [1.54, 1.807) is 35.2 Å². The number of hydrogen-bond acceptors (Lipinski definition) is 8. The molecule has 9 nitrogen and oxygen atoms in total. The van der Waals surface area contributed by atoms with Crippen LogP contribution in [0.5, 0.6) is 11.5 Å². The third kappa shape index (κ3) is 5.26. The predicted molar refractivity (Wildman–Crippen MR) is 129 cm³/mol. The summed E-state index contributed by atoms with van der Waals surface area (Å²) in [6.07, 6.45) is 0. The lowest BCUT2D eigenvalue weighted by Crippen LogP contribution is -2.49. The summed E-state index contributed by atoms with van der Waals surface area (Å²) in [4.78, 5) is 40.4. The van der Waals surface area contributed by atoms with E-state index in [2.05, 4.69) is 4.90 Å². The number of benzene rings is 2. The van der Waals surface area contributed by atoms with Gasteiger partial charge in [0.05, 0.1) is 0 Å². The molecule has 0 saturated carbocycles. The molecule has 0 atom stereocenters. The molecule has 0 aliphatic carbocycles. The van der Waals surface area contributed by atoms with Crippen LogP contribution in [-0.2, 0) is 16.1 Å². The highest BCUT2D eigenvalue weighted by Gasteiger charge is 2.24. The molecule has 3 heterocycles. The van der Waals surface area contributed by atoms with E-state index in [1.807, 2.05) is 18.2 Å². The summed E-state index contributed by atoms with van der Waals surface area (Å²) in [6, 6.07) is 16.0. The molecule has 36 heavy (non-hydrogen) atoms. The molecule has 2 aliphatic rings.